The lowest BCUT2D eigenvalue weighted by Gasteiger charge is -2.13. The average molecular weight is 222 g/mol. The van der Waals surface area contributed by atoms with Crippen LogP contribution in [0.4, 0.5) is 5.69 Å². The minimum absolute atomic E-state index is 0.113. The van der Waals surface area contributed by atoms with E-state index in [1.165, 1.54) is 13.2 Å². The molecule has 2 rings (SSSR count). The van der Waals surface area contributed by atoms with E-state index in [2.05, 4.69) is 0 Å². The number of nitrogens with zero attached hydrogens (tertiary/aromatic N) is 1. The summed E-state index contributed by atoms with van der Waals surface area (Å²) in [5, 5.41) is 11.0. The lowest BCUT2D eigenvalue weighted by atomic mass is 9.94. The molecule has 86 valence electrons. The van der Waals surface area contributed by atoms with Crippen LogP contribution in [0.1, 0.15) is 18.4 Å². The summed E-state index contributed by atoms with van der Waals surface area (Å²) >= 11 is 0. The van der Waals surface area contributed by atoms with E-state index in [1.807, 2.05) is 0 Å². The van der Waals surface area contributed by atoms with Crippen LogP contribution in [0.15, 0.2) is 18.2 Å². The molecule has 1 aliphatic carbocycles. The lowest BCUT2D eigenvalue weighted by molar-refractivity contribution is -0.385. The predicted octanol–water partition coefficient (Wildman–Crippen LogP) is 1.59. The maximum Gasteiger partial charge on any atom is 0.276 e. The smallest absolute Gasteiger partial charge is 0.276 e. The first kappa shape index (κ1) is 10.9. The second-order valence-corrected chi connectivity index (χ2v) is 4.12. The molecule has 1 fully saturated rings. The van der Waals surface area contributed by atoms with Gasteiger partial charge in [-0.2, -0.15) is 0 Å². The third-order valence-corrected chi connectivity index (χ3v) is 3.22. The zero-order valence-corrected chi connectivity index (χ0v) is 9.10. The van der Waals surface area contributed by atoms with Crippen molar-refractivity contribution in [3.05, 3.63) is 33.9 Å². The molecule has 0 aliphatic heterocycles. The van der Waals surface area contributed by atoms with Gasteiger partial charge in [0.25, 0.3) is 5.69 Å². The number of ether oxygens (including phenoxy) is 1. The zero-order chi connectivity index (χ0) is 11.8. The summed E-state index contributed by atoms with van der Waals surface area (Å²) < 4.78 is 4.99. The first-order valence-electron chi connectivity index (χ1n) is 5.16. The molecule has 0 unspecified atom stereocenters. The fraction of sp³-hybridized carbons (Fsp3) is 0.455. The summed E-state index contributed by atoms with van der Waals surface area (Å²) in [5.41, 5.74) is 6.36. The molecular weight excluding hydrogens is 208 g/mol. The van der Waals surface area contributed by atoms with Gasteiger partial charge in [-0.3, -0.25) is 10.1 Å². The van der Waals surface area contributed by atoms with Crippen LogP contribution in [0.25, 0.3) is 0 Å². The summed E-state index contributed by atoms with van der Waals surface area (Å²) in [4.78, 5) is 10.6. The molecule has 0 amide bonds. The van der Waals surface area contributed by atoms with Gasteiger partial charge >= 0.3 is 0 Å². The van der Waals surface area contributed by atoms with Crippen molar-refractivity contribution in [1.29, 1.82) is 0 Å². The number of hydrogen-bond donors (Lipinski definition) is 1. The number of benzene rings is 1. The molecule has 0 heterocycles. The Balaban J connectivity index is 2.49. The molecule has 1 aromatic carbocycles. The molecule has 0 bridgehead atoms. The van der Waals surface area contributed by atoms with E-state index in [-0.39, 0.29) is 16.0 Å². The number of nitro benzene ring substituents is 1. The minimum atomic E-state index is -0.367. The quantitative estimate of drug-likeness (QED) is 0.619. The Labute approximate surface area is 93.4 Å². The van der Waals surface area contributed by atoms with Crippen molar-refractivity contribution >= 4 is 5.69 Å². The molecule has 2 N–H and O–H groups in total. The lowest BCUT2D eigenvalue weighted by Crippen LogP contribution is -2.20. The Kier molecular flexibility index (Phi) is 2.55. The first-order valence-corrected chi connectivity index (χ1v) is 5.16. The molecule has 0 radical (unpaired) electrons. The van der Waals surface area contributed by atoms with Crippen molar-refractivity contribution in [1.82, 2.24) is 0 Å². The fourth-order valence-corrected chi connectivity index (χ4v) is 1.97. The van der Waals surface area contributed by atoms with Gasteiger partial charge in [0.1, 0.15) is 5.75 Å². The van der Waals surface area contributed by atoms with E-state index < -0.39 is 0 Å². The van der Waals surface area contributed by atoms with Gasteiger partial charge in [-0.05, 0) is 25.0 Å². The maximum atomic E-state index is 11.0. The molecule has 1 aromatic rings. The molecule has 5 nitrogen and oxygen atoms in total. The van der Waals surface area contributed by atoms with Crippen LogP contribution in [-0.4, -0.2) is 18.6 Å². The molecule has 1 aliphatic rings. The molecule has 0 atom stereocenters. The monoisotopic (exact) mass is 222 g/mol. The molecule has 0 aromatic heterocycles. The number of rotatable bonds is 4. The number of nitrogens with two attached hydrogens (primary N) is 1. The number of methoxy groups -OCH3 is 1. The summed E-state index contributed by atoms with van der Waals surface area (Å²) in [6, 6.07) is 4.97. The van der Waals surface area contributed by atoms with Gasteiger partial charge in [-0.25, -0.2) is 0 Å². The molecular formula is C11H14N2O3. The Hall–Kier alpha value is -1.62. The summed E-state index contributed by atoms with van der Waals surface area (Å²) in [5.74, 6) is 0.503. The molecule has 0 spiro atoms. The van der Waals surface area contributed by atoms with Gasteiger partial charge in [-0.15, -0.1) is 0 Å². The van der Waals surface area contributed by atoms with Crippen LogP contribution in [0.2, 0.25) is 0 Å². The molecule has 0 saturated heterocycles. The predicted molar refractivity (Wildman–Crippen MR) is 59.6 cm³/mol. The van der Waals surface area contributed by atoms with E-state index >= 15 is 0 Å². The largest absolute Gasteiger partial charge is 0.497 e. The van der Waals surface area contributed by atoms with Crippen LogP contribution >= 0.6 is 0 Å². The normalized spacial score (nSPS) is 16.9. The highest BCUT2D eigenvalue weighted by Gasteiger charge is 2.46. The Morgan fingerprint density at radius 3 is 2.69 bits per heavy atom. The Morgan fingerprint density at radius 1 is 1.56 bits per heavy atom. The van der Waals surface area contributed by atoms with Crippen molar-refractivity contribution in [3.8, 4) is 5.75 Å². The first-order chi connectivity index (χ1) is 7.63. The van der Waals surface area contributed by atoms with Gasteiger partial charge < -0.3 is 10.5 Å². The van der Waals surface area contributed by atoms with Crippen LogP contribution in [0, 0.1) is 10.1 Å². The Bertz CT molecular complexity index is 427. The second kappa shape index (κ2) is 3.75. The summed E-state index contributed by atoms with van der Waals surface area (Å²) in [6.07, 6.45) is 1.85. The second-order valence-electron chi connectivity index (χ2n) is 4.12. The topological polar surface area (TPSA) is 78.4 Å². The van der Waals surface area contributed by atoms with Crippen molar-refractivity contribution in [2.24, 2.45) is 5.73 Å². The van der Waals surface area contributed by atoms with Gasteiger partial charge in [-0.1, -0.05) is 0 Å². The van der Waals surface area contributed by atoms with E-state index in [4.69, 9.17) is 10.5 Å². The average Bonchev–Trinajstić information content (AvgIpc) is 3.09. The van der Waals surface area contributed by atoms with Crippen LogP contribution < -0.4 is 10.5 Å². The molecule has 5 heteroatoms. The van der Waals surface area contributed by atoms with Crippen molar-refractivity contribution in [3.63, 3.8) is 0 Å². The highest BCUT2D eigenvalue weighted by atomic mass is 16.6. The molecule has 1 saturated carbocycles. The van der Waals surface area contributed by atoms with Gasteiger partial charge in [0, 0.05) is 17.5 Å². The fourth-order valence-electron chi connectivity index (χ4n) is 1.97. The third-order valence-electron chi connectivity index (χ3n) is 3.22. The van der Waals surface area contributed by atoms with E-state index in [1.54, 1.807) is 12.1 Å². The SMILES string of the molecule is COc1ccc(C2(CN)CC2)c([N+](=O)[O-])c1. The van der Waals surface area contributed by atoms with Crippen LogP contribution in [-0.2, 0) is 5.41 Å². The zero-order valence-electron chi connectivity index (χ0n) is 9.10. The van der Waals surface area contributed by atoms with Crippen molar-refractivity contribution < 1.29 is 9.66 Å². The van der Waals surface area contributed by atoms with Gasteiger partial charge in [0.05, 0.1) is 18.1 Å². The highest BCUT2D eigenvalue weighted by molar-refractivity contribution is 5.52. The van der Waals surface area contributed by atoms with Gasteiger partial charge in [0.15, 0.2) is 0 Å². The summed E-state index contributed by atoms with van der Waals surface area (Å²) in [6.45, 7) is 0.459. The van der Waals surface area contributed by atoms with Gasteiger partial charge in [0.2, 0.25) is 0 Å². The number of nitro groups is 1. The minimum Gasteiger partial charge on any atom is -0.497 e. The standard InChI is InChI=1S/C11H14N2O3/c1-16-8-2-3-9(10(6-8)13(14)15)11(7-12)4-5-11/h2-3,6H,4-5,7,12H2,1H3. The van der Waals surface area contributed by atoms with Crippen molar-refractivity contribution in [2.75, 3.05) is 13.7 Å². The van der Waals surface area contributed by atoms with E-state index in [9.17, 15) is 10.1 Å². The Morgan fingerprint density at radius 2 is 2.25 bits per heavy atom. The van der Waals surface area contributed by atoms with Crippen LogP contribution in [0.3, 0.4) is 0 Å². The van der Waals surface area contributed by atoms with Crippen LogP contribution in [0.5, 0.6) is 5.75 Å². The highest BCUT2D eigenvalue weighted by Crippen LogP contribution is 2.50. The molecule has 16 heavy (non-hydrogen) atoms. The van der Waals surface area contributed by atoms with E-state index in [0.717, 1.165) is 18.4 Å². The number of hydrogen-bond acceptors (Lipinski definition) is 4. The van der Waals surface area contributed by atoms with E-state index in [0.29, 0.717) is 12.3 Å². The third kappa shape index (κ3) is 1.63. The maximum absolute atomic E-state index is 11.0. The van der Waals surface area contributed by atoms with Crippen molar-refractivity contribution in [2.45, 2.75) is 18.3 Å². The summed E-state index contributed by atoms with van der Waals surface area (Å²) in [7, 11) is 1.49.